The first-order valence-electron chi connectivity index (χ1n) is 8.23. The van der Waals surface area contributed by atoms with Crippen LogP contribution in [0.5, 0.6) is 0 Å². The van der Waals surface area contributed by atoms with Crippen LogP contribution in [-0.4, -0.2) is 42.8 Å². The first-order chi connectivity index (χ1) is 9.16. The second-order valence-electron chi connectivity index (χ2n) is 6.18. The molecule has 0 aliphatic carbocycles. The quantitative estimate of drug-likeness (QED) is 0.654. The molecular formula is C16H34N2O. The van der Waals surface area contributed by atoms with Crippen LogP contribution in [-0.2, 0) is 4.74 Å². The Morgan fingerprint density at radius 2 is 2.05 bits per heavy atom. The van der Waals surface area contributed by atoms with Crippen LogP contribution < -0.4 is 5.73 Å². The molecule has 0 amide bonds. The molecule has 19 heavy (non-hydrogen) atoms. The van der Waals surface area contributed by atoms with Crippen LogP contribution in [0.4, 0.5) is 0 Å². The molecule has 2 atom stereocenters. The van der Waals surface area contributed by atoms with Crippen molar-refractivity contribution < 1.29 is 4.74 Å². The van der Waals surface area contributed by atoms with E-state index in [1.807, 2.05) is 0 Å². The van der Waals surface area contributed by atoms with Crippen molar-refractivity contribution in [2.45, 2.75) is 77.4 Å². The number of unbranched alkanes of at least 4 members (excludes halogenated alkanes) is 3. The molecule has 1 rings (SSSR count). The third-order valence-electron chi connectivity index (χ3n) is 4.55. The molecule has 3 nitrogen and oxygen atoms in total. The predicted molar refractivity (Wildman–Crippen MR) is 82.4 cm³/mol. The average molecular weight is 270 g/mol. The van der Waals surface area contributed by atoms with Gasteiger partial charge in [0.25, 0.3) is 0 Å². The number of nitrogens with two attached hydrogens (primary N) is 1. The van der Waals surface area contributed by atoms with E-state index in [1.165, 1.54) is 51.5 Å². The summed E-state index contributed by atoms with van der Waals surface area (Å²) in [6.07, 6.45) is 9.39. The average Bonchev–Trinajstić information content (AvgIpc) is 2.44. The van der Waals surface area contributed by atoms with E-state index in [2.05, 4.69) is 25.7 Å². The van der Waals surface area contributed by atoms with Gasteiger partial charge in [-0.15, -0.1) is 0 Å². The Bertz CT molecular complexity index is 233. The van der Waals surface area contributed by atoms with Crippen LogP contribution in [0.3, 0.4) is 0 Å². The zero-order valence-electron chi connectivity index (χ0n) is 13.3. The number of hydrogen-bond donors (Lipinski definition) is 1. The largest absolute Gasteiger partial charge is 0.377 e. The zero-order chi connectivity index (χ0) is 14.1. The third kappa shape index (κ3) is 5.41. The lowest BCUT2D eigenvalue weighted by Gasteiger charge is -2.45. The smallest absolute Gasteiger partial charge is 0.0702 e. The van der Waals surface area contributed by atoms with Gasteiger partial charge in [0.15, 0.2) is 0 Å². The fourth-order valence-electron chi connectivity index (χ4n) is 3.12. The molecule has 114 valence electrons. The Balaban J connectivity index is 2.46. The summed E-state index contributed by atoms with van der Waals surface area (Å²) in [5.74, 6) is 0. The minimum absolute atomic E-state index is 0.170. The summed E-state index contributed by atoms with van der Waals surface area (Å²) >= 11 is 0. The van der Waals surface area contributed by atoms with E-state index < -0.39 is 0 Å². The monoisotopic (exact) mass is 270 g/mol. The van der Waals surface area contributed by atoms with Crippen molar-refractivity contribution in [2.75, 3.05) is 26.2 Å². The van der Waals surface area contributed by atoms with Gasteiger partial charge in [-0.2, -0.15) is 0 Å². The molecule has 0 spiro atoms. The zero-order valence-corrected chi connectivity index (χ0v) is 13.3. The Labute approximate surface area is 119 Å². The Hall–Kier alpha value is -0.120. The summed E-state index contributed by atoms with van der Waals surface area (Å²) in [4.78, 5) is 2.59. The molecule has 0 saturated carbocycles. The van der Waals surface area contributed by atoms with E-state index in [1.54, 1.807) is 0 Å². The van der Waals surface area contributed by atoms with Gasteiger partial charge in [-0.05, 0) is 39.7 Å². The van der Waals surface area contributed by atoms with Crippen LogP contribution in [0.1, 0.15) is 65.7 Å². The van der Waals surface area contributed by atoms with Gasteiger partial charge in [0, 0.05) is 25.2 Å². The Kier molecular flexibility index (Phi) is 7.96. The number of rotatable bonds is 9. The SMILES string of the molecule is CCCCCCC(C)(CN)N1CCCC(OCC)C1. The maximum Gasteiger partial charge on any atom is 0.0702 e. The fraction of sp³-hybridized carbons (Fsp3) is 1.00. The van der Waals surface area contributed by atoms with Crippen molar-refractivity contribution in [3.63, 3.8) is 0 Å². The second-order valence-corrected chi connectivity index (χ2v) is 6.18. The Morgan fingerprint density at radius 3 is 2.68 bits per heavy atom. The first-order valence-corrected chi connectivity index (χ1v) is 8.23. The summed E-state index contributed by atoms with van der Waals surface area (Å²) in [5, 5.41) is 0. The van der Waals surface area contributed by atoms with Crippen molar-refractivity contribution in [1.82, 2.24) is 4.90 Å². The second kappa shape index (κ2) is 8.93. The lowest BCUT2D eigenvalue weighted by Crippen LogP contribution is -2.56. The lowest BCUT2D eigenvalue weighted by molar-refractivity contribution is -0.0307. The van der Waals surface area contributed by atoms with Crippen LogP contribution >= 0.6 is 0 Å². The van der Waals surface area contributed by atoms with Gasteiger partial charge in [0.2, 0.25) is 0 Å². The molecule has 1 saturated heterocycles. The summed E-state index contributed by atoms with van der Waals surface area (Å²) in [6.45, 7) is 10.5. The van der Waals surface area contributed by atoms with Gasteiger partial charge in [-0.25, -0.2) is 0 Å². The molecule has 2 unspecified atom stereocenters. The number of nitrogens with zero attached hydrogens (tertiary/aromatic N) is 1. The summed E-state index contributed by atoms with van der Waals surface area (Å²) in [7, 11) is 0. The van der Waals surface area contributed by atoms with E-state index in [-0.39, 0.29) is 5.54 Å². The maximum absolute atomic E-state index is 6.09. The van der Waals surface area contributed by atoms with Gasteiger partial charge in [-0.1, -0.05) is 32.6 Å². The maximum atomic E-state index is 6.09. The highest BCUT2D eigenvalue weighted by molar-refractivity contribution is 4.90. The Morgan fingerprint density at radius 1 is 1.26 bits per heavy atom. The van der Waals surface area contributed by atoms with E-state index >= 15 is 0 Å². The molecule has 1 aliphatic heterocycles. The number of hydrogen-bond acceptors (Lipinski definition) is 3. The van der Waals surface area contributed by atoms with E-state index in [4.69, 9.17) is 10.5 Å². The molecule has 1 aliphatic rings. The molecule has 1 fully saturated rings. The molecular weight excluding hydrogens is 236 g/mol. The van der Waals surface area contributed by atoms with Crippen molar-refractivity contribution >= 4 is 0 Å². The normalized spacial score (nSPS) is 24.3. The molecule has 0 aromatic heterocycles. The summed E-state index contributed by atoms with van der Waals surface area (Å²) in [6, 6.07) is 0. The highest BCUT2D eigenvalue weighted by Crippen LogP contribution is 2.26. The minimum atomic E-state index is 0.170. The number of likely N-dealkylation sites (tertiary alicyclic amines) is 1. The third-order valence-corrected chi connectivity index (χ3v) is 4.55. The van der Waals surface area contributed by atoms with Gasteiger partial charge >= 0.3 is 0 Å². The predicted octanol–water partition coefficient (Wildman–Crippen LogP) is 3.18. The minimum Gasteiger partial charge on any atom is -0.377 e. The molecule has 0 radical (unpaired) electrons. The van der Waals surface area contributed by atoms with Crippen molar-refractivity contribution in [1.29, 1.82) is 0 Å². The van der Waals surface area contributed by atoms with Gasteiger partial charge in [-0.3, -0.25) is 4.90 Å². The van der Waals surface area contributed by atoms with Crippen LogP contribution in [0.2, 0.25) is 0 Å². The van der Waals surface area contributed by atoms with Crippen molar-refractivity contribution in [3.8, 4) is 0 Å². The fourth-order valence-corrected chi connectivity index (χ4v) is 3.12. The highest BCUT2D eigenvalue weighted by atomic mass is 16.5. The molecule has 2 N–H and O–H groups in total. The standard InChI is InChI=1S/C16H34N2O/c1-4-6-7-8-11-16(3,14-17)18-12-9-10-15(13-18)19-5-2/h15H,4-14,17H2,1-3H3. The topological polar surface area (TPSA) is 38.5 Å². The first kappa shape index (κ1) is 16.9. The van der Waals surface area contributed by atoms with Crippen LogP contribution in [0, 0.1) is 0 Å². The molecule has 0 aromatic rings. The van der Waals surface area contributed by atoms with E-state index in [0.29, 0.717) is 6.10 Å². The molecule has 3 heteroatoms. The molecule has 0 aromatic carbocycles. The van der Waals surface area contributed by atoms with E-state index in [0.717, 1.165) is 19.7 Å². The van der Waals surface area contributed by atoms with Crippen molar-refractivity contribution in [2.24, 2.45) is 5.73 Å². The van der Waals surface area contributed by atoms with E-state index in [9.17, 15) is 0 Å². The lowest BCUT2D eigenvalue weighted by atomic mass is 9.89. The molecule has 0 bridgehead atoms. The van der Waals surface area contributed by atoms with Gasteiger partial charge in [0.1, 0.15) is 0 Å². The molecule has 1 heterocycles. The van der Waals surface area contributed by atoms with Crippen LogP contribution in [0.25, 0.3) is 0 Å². The summed E-state index contributed by atoms with van der Waals surface area (Å²) < 4.78 is 5.81. The van der Waals surface area contributed by atoms with Crippen molar-refractivity contribution in [3.05, 3.63) is 0 Å². The number of ether oxygens (including phenoxy) is 1. The summed E-state index contributed by atoms with van der Waals surface area (Å²) in [5.41, 5.74) is 6.26. The highest BCUT2D eigenvalue weighted by Gasteiger charge is 2.33. The van der Waals surface area contributed by atoms with Crippen LogP contribution in [0.15, 0.2) is 0 Å². The number of piperidine rings is 1. The van der Waals surface area contributed by atoms with Gasteiger partial charge < -0.3 is 10.5 Å². The van der Waals surface area contributed by atoms with Gasteiger partial charge in [0.05, 0.1) is 6.10 Å².